The molecule has 1 aliphatic rings. The highest BCUT2D eigenvalue weighted by molar-refractivity contribution is 7.99. The van der Waals surface area contributed by atoms with E-state index < -0.39 is 10.0 Å². The van der Waals surface area contributed by atoms with Crippen LogP contribution in [0.1, 0.15) is 19.3 Å². The third-order valence-corrected chi connectivity index (χ3v) is 6.28. The molecule has 7 heteroatoms. The van der Waals surface area contributed by atoms with E-state index in [1.807, 2.05) is 11.8 Å². The Labute approximate surface area is 124 Å². The average molecular weight is 315 g/mol. The molecular formula is C13H21N3O2S2. The van der Waals surface area contributed by atoms with Gasteiger partial charge in [-0.3, -0.25) is 0 Å². The summed E-state index contributed by atoms with van der Waals surface area (Å²) in [6.45, 7) is 0. The molecule has 112 valence electrons. The minimum atomic E-state index is -3.44. The van der Waals surface area contributed by atoms with Crippen molar-refractivity contribution >= 4 is 33.2 Å². The van der Waals surface area contributed by atoms with E-state index in [1.54, 1.807) is 12.1 Å². The van der Waals surface area contributed by atoms with Crippen LogP contribution in [0.25, 0.3) is 0 Å². The lowest BCUT2D eigenvalue weighted by molar-refractivity contribution is 0.588. The molecule has 0 bridgehead atoms. The van der Waals surface area contributed by atoms with Crippen LogP contribution < -0.4 is 15.8 Å². The van der Waals surface area contributed by atoms with Crippen LogP contribution >= 0.6 is 11.8 Å². The summed E-state index contributed by atoms with van der Waals surface area (Å²) < 4.78 is 26.0. The molecule has 20 heavy (non-hydrogen) atoms. The molecule has 1 aromatic carbocycles. The summed E-state index contributed by atoms with van der Waals surface area (Å²) in [5, 5.41) is 3.96. The largest absolute Gasteiger partial charge is 0.397 e. The van der Waals surface area contributed by atoms with Gasteiger partial charge in [-0.25, -0.2) is 13.1 Å². The van der Waals surface area contributed by atoms with Crippen LogP contribution in [0.5, 0.6) is 0 Å². The number of nitrogens with one attached hydrogen (secondary N) is 2. The number of sulfonamides is 1. The predicted molar refractivity (Wildman–Crippen MR) is 85.7 cm³/mol. The second-order valence-electron chi connectivity index (χ2n) is 4.91. The van der Waals surface area contributed by atoms with Gasteiger partial charge in [-0.05, 0) is 44.3 Å². The number of anilines is 2. The molecule has 0 radical (unpaired) electrons. The molecule has 1 aromatic rings. The third-order valence-electron chi connectivity index (χ3n) is 3.70. The standard InChI is InChI=1S/C13H21N3O2S2/c1-15-20(17,18)9-6-7-10(14)12(8-9)16-11-4-3-5-13(11)19-2/h6-8,11,13,15-16H,3-5,14H2,1-2H3. The first kappa shape index (κ1) is 15.5. The molecule has 2 atom stereocenters. The summed E-state index contributed by atoms with van der Waals surface area (Å²) in [5.41, 5.74) is 7.23. The van der Waals surface area contributed by atoms with Gasteiger partial charge in [-0.15, -0.1) is 0 Å². The first-order valence-corrected chi connectivity index (χ1v) is 9.37. The Balaban J connectivity index is 2.25. The molecule has 1 saturated carbocycles. The van der Waals surface area contributed by atoms with Crippen molar-refractivity contribution in [2.45, 2.75) is 35.4 Å². The van der Waals surface area contributed by atoms with Crippen molar-refractivity contribution in [2.75, 3.05) is 24.4 Å². The quantitative estimate of drug-likeness (QED) is 0.723. The van der Waals surface area contributed by atoms with Gasteiger partial charge in [-0.1, -0.05) is 6.42 Å². The van der Waals surface area contributed by atoms with E-state index in [1.165, 1.54) is 26.0 Å². The lowest BCUT2D eigenvalue weighted by Gasteiger charge is -2.22. The minimum absolute atomic E-state index is 0.232. The van der Waals surface area contributed by atoms with Crippen LogP contribution in [0.3, 0.4) is 0 Å². The van der Waals surface area contributed by atoms with Crippen molar-refractivity contribution in [1.82, 2.24) is 4.72 Å². The summed E-state index contributed by atoms with van der Waals surface area (Å²) >= 11 is 1.85. The zero-order valence-corrected chi connectivity index (χ0v) is 13.4. The van der Waals surface area contributed by atoms with E-state index in [0.29, 0.717) is 22.7 Å². The summed E-state index contributed by atoms with van der Waals surface area (Å²) in [5.74, 6) is 0. The predicted octanol–water partition coefficient (Wildman–Crippen LogP) is 1.87. The number of nitrogens with two attached hydrogens (primary N) is 1. The van der Waals surface area contributed by atoms with Crippen LogP contribution in [0.15, 0.2) is 23.1 Å². The minimum Gasteiger partial charge on any atom is -0.397 e. The highest BCUT2D eigenvalue weighted by Gasteiger charge is 2.27. The maximum atomic E-state index is 11.8. The molecule has 0 aliphatic heterocycles. The Hall–Kier alpha value is -0.920. The molecule has 2 unspecified atom stereocenters. The lowest BCUT2D eigenvalue weighted by atomic mass is 10.2. The van der Waals surface area contributed by atoms with E-state index in [0.717, 1.165) is 6.42 Å². The molecule has 0 heterocycles. The number of hydrogen-bond donors (Lipinski definition) is 3. The molecule has 0 saturated heterocycles. The van der Waals surface area contributed by atoms with Gasteiger partial charge in [0.2, 0.25) is 10.0 Å². The number of thioether (sulfide) groups is 1. The smallest absolute Gasteiger partial charge is 0.240 e. The van der Waals surface area contributed by atoms with Crippen LogP contribution in [0.2, 0.25) is 0 Å². The number of hydrogen-bond acceptors (Lipinski definition) is 5. The molecule has 0 spiro atoms. The Kier molecular flexibility index (Phi) is 4.82. The number of rotatable bonds is 5. The average Bonchev–Trinajstić information content (AvgIpc) is 2.88. The van der Waals surface area contributed by atoms with Gasteiger partial charge in [0.15, 0.2) is 0 Å². The fourth-order valence-electron chi connectivity index (χ4n) is 2.52. The fourth-order valence-corrected chi connectivity index (χ4v) is 4.21. The summed E-state index contributed by atoms with van der Waals surface area (Å²) in [6, 6.07) is 5.11. The second kappa shape index (κ2) is 6.24. The van der Waals surface area contributed by atoms with Crippen molar-refractivity contribution in [2.24, 2.45) is 0 Å². The fraction of sp³-hybridized carbons (Fsp3) is 0.538. The number of nitrogen functional groups attached to an aromatic ring is 1. The Morgan fingerprint density at radius 3 is 2.75 bits per heavy atom. The maximum Gasteiger partial charge on any atom is 0.240 e. The Bertz CT molecular complexity index is 575. The van der Waals surface area contributed by atoms with Gasteiger partial charge in [0.25, 0.3) is 0 Å². The molecular weight excluding hydrogens is 294 g/mol. The van der Waals surface area contributed by atoms with Crippen molar-refractivity contribution in [3.8, 4) is 0 Å². The third kappa shape index (κ3) is 3.21. The zero-order chi connectivity index (χ0) is 14.8. The van der Waals surface area contributed by atoms with Crippen molar-refractivity contribution in [3.63, 3.8) is 0 Å². The monoisotopic (exact) mass is 315 g/mol. The molecule has 0 aromatic heterocycles. The van der Waals surface area contributed by atoms with Gasteiger partial charge in [0.1, 0.15) is 0 Å². The van der Waals surface area contributed by atoms with E-state index in [4.69, 9.17) is 5.73 Å². The van der Waals surface area contributed by atoms with Crippen LogP contribution in [0.4, 0.5) is 11.4 Å². The molecule has 0 amide bonds. The van der Waals surface area contributed by atoms with E-state index in [-0.39, 0.29) is 4.90 Å². The van der Waals surface area contributed by atoms with Gasteiger partial charge in [0.05, 0.1) is 16.3 Å². The lowest BCUT2D eigenvalue weighted by Crippen LogP contribution is -2.26. The highest BCUT2D eigenvalue weighted by atomic mass is 32.2. The van der Waals surface area contributed by atoms with Gasteiger partial charge < -0.3 is 11.1 Å². The summed E-state index contributed by atoms with van der Waals surface area (Å²) in [4.78, 5) is 0.232. The normalized spacial score (nSPS) is 22.9. The summed E-state index contributed by atoms with van der Waals surface area (Å²) in [7, 11) is -2.04. The van der Waals surface area contributed by atoms with Gasteiger partial charge in [0, 0.05) is 11.3 Å². The van der Waals surface area contributed by atoms with Crippen LogP contribution in [-0.2, 0) is 10.0 Å². The van der Waals surface area contributed by atoms with Crippen LogP contribution in [0, 0.1) is 0 Å². The van der Waals surface area contributed by atoms with Crippen molar-refractivity contribution in [1.29, 1.82) is 0 Å². The van der Waals surface area contributed by atoms with Crippen molar-refractivity contribution in [3.05, 3.63) is 18.2 Å². The van der Waals surface area contributed by atoms with E-state index in [9.17, 15) is 8.42 Å². The highest BCUT2D eigenvalue weighted by Crippen LogP contribution is 2.33. The topological polar surface area (TPSA) is 84.2 Å². The zero-order valence-electron chi connectivity index (χ0n) is 11.7. The maximum absolute atomic E-state index is 11.8. The van der Waals surface area contributed by atoms with E-state index in [2.05, 4.69) is 16.3 Å². The molecule has 2 rings (SSSR count). The first-order valence-electron chi connectivity index (χ1n) is 6.60. The molecule has 4 N–H and O–H groups in total. The Morgan fingerprint density at radius 2 is 2.10 bits per heavy atom. The first-order chi connectivity index (χ1) is 9.47. The molecule has 1 fully saturated rings. The molecule has 5 nitrogen and oxygen atoms in total. The Morgan fingerprint density at radius 1 is 1.35 bits per heavy atom. The number of benzene rings is 1. The van der Waals surface area contributed by atoms with Gasteiger partial charge >= 0.3 is 0 Å². The SMILES string of the molecule is CNS(=O)(=O)c1ccc(N)c(NC2CCCC2SC)c1. The summed E-state index contributed by atoms with van der Waals surface area (Å²) in [6.07, 6.45) is 5.58. The van der Waals surface area contributed by atoms with Crippen LogP contribution in [-0.4, -0.2) is 33.0 Å². The second-order valence-corrected chi connectivity index (χ2v) is 7.88. The van der Waals surface area contributed by atoms with Gasteiger partial charge in [-0.2, -0.15) is 11.8 Å². The van der Waals surface area contributed by atoms with Crippen molar-refractivity contribution < 1.29 is 8.42 Å². The van der Waals surface area contributed by atoms with E-state index >= 15 is 0 Å². The molecule has 1 aliphatic carbocycles.